The molecule has 0 atom stereocenters. The molecule has 6 heteroatoms. The van der Waals surface area contributed by atoms with Crippen LogP contribution in [0.15, 0.2) is 53.6 Å². The molecule has 2 heterocycles. The quantitative estimate of drug-likeness (QED) is 0.300. The lowest BCUT2D eigenvalue weighted by molar-refractivity contribution is -0.120. The first-order valence-electron chi connectivity index (χ1n) is 11.6. The molecule has 0 bridgehead atoms. The Labute approximate surface area is 203 Å². The number of benzene rings is 2. The summed E-state index contributed by atoms with van der Waals surface area (Å²) >= 11 is 1.74. The van der Waals surface area contributed by atoms with Gasteiger partial charge in [0.25, 0.3) is 0 Å². The summed E-state index contributed by atoms with van der Waals surface area (Å²) in [6.45, 7) is 4.08. The minimum atomic E-state index is -0.154. The fourth-order valence-electron chi connectivity index (χ4n) is 4.89. The minimum absolute atomic E-state index is 0.154. The molecule has 0 saturated heterocycles. The number of fused-ring (bicyclic) bond motifs is 2. The number of aryl methyl sites for hydroxylation is 2. The topological polar surface area (TPSA) is 70.2 Å². The summed E-state index contributed by atoms with van der Waals surface area (Å²) in [7, 11) is 0. The largest absolute Gasteiger partial charge is 0.308 e. The third-order valence-electron chi connectivity index (χ3n) is 6.56. The Balaban J connectivity index is 1.35. The highest BCUT2D eigenvalue weighted by Gasteiger charge is 2.23. The predicted octanol–water partition coefficient (Wildman–Crippen LogP) is 5.75. The molecular formula is C28H26N4OS. The van der Waals surface area contributed by atoms with Crippen LogP contribution < -0.4 is 5.43 Å². The summed E-state index contributed by atoms with van der Waals surface area (Å²) in [5.41, 5.74) is 8.70. The number of hydrazone groups is 1. The third-order valence-corrected chi connectivity index (χ3v) is 7.84. The van der Waals surface area contributed by atoms with E-state index in [1.807, 2.05) is 56.3 Å². The summed E-state index contributed by atoms with van der Waals surface area (Å²) in [5.74, 6) is -0.154. The molecule has 0 saturated carbocycles. The van der Waals surface area contributed by atoms with Gasteiger partial charge in [0.1, 0.15) is 11.1 Å². The van der Waals surface area contributed by atoms with Crippen LogP contribution in [-0.4, -0.2) is 16.7 Å². The predicted molar refractivity (Wildman–Crippen MR) is 138 cm³/mol. The van der Waals surface area contributed by atoms with Crippen LogP contribution in [-0.2, 0) is 24.1 Å². The fraction of sp³-hybridized carbons (Fsp3) is 0.250. The zero-order valence-electron chi connectivity index (χ0n) is 19.4. The van der Waals surface area contributed by atoms with Crippen molar-refractivity contribution in [2.75, 3.05) is 0 Å². The molecule has 1 N–H and O–H groups in total. The van der Waals surface area contributed by atoms with Crippen LogP contribution in [0.5, 0.6) is 0 Å². The first-order chi connectivity index (χ1) is 16.6. The van der Waals surface area contributed by atoms with Gasteiger partial charge in [0.2, 0.25) is 5.91 Å². The molecule has 1 amide bonds. The molecule has 0 unspecified atom stereocenters. The first-order valence-corrected chi connectivity index (χ1v) is 12.4. The van der Waals surface area contributed by atoms with E-state index in [2.05, 4.69) is 27.2 Å². The Kier molecular flexibility index (Phi) is 6.04. The van der Waals surface area contributed by atoms with Crippen molar-refractivity contribution in [2.45, 2.75) is 46.0 Å². The maximum Gasteiger partial charge on any atom is 0.244 e. The second-order valence-electron chi connectivity index (χ2n) is 8.77. The van der Waals surface area contributed by atoms with E-state index in [4.69, 9.17) is 0 Å². The van der Waals surface area contributed by atoms with Crippen molar-refractivity contribution in [3.05, 3.63) is 87.0 Å². The molecule has 1 aliphatic carbocycles. The number of aromatic nitrogens is 1. The normalized spacial score (nSPS) is 13.2. The van der Waals surface area contributed by atoms with Crippen LogP contribution >= 0.6 is 11.3 Å². The fourth-order valence-corrected chi connectivity index (χ4v) is 6.34. The van der Waals surface area contributed by atoms with Crippen molar-refractivity contribution >= 4 is 34.2 Å². The Morgan fingerprint density at radius 1 is 1.18 bits per heavy atom. The van der Waals surface area contributed by atoms with Gasteiger partial charge in [0.05, 0.1) is 18.2 Å². The highest BCUT2D eigenvalue weighted by Crippen LogP contribution is 2.38. The Morgan fingerprint density at radius 2 is 1.97 bits per heavy atom. The smallest absolute Gasteiger partial charge is 0.244 e. The van der Waals surface area contributed by atoms with Gasteiger partial charge in [0.15, 0.2) is 0 Å². The highest BCUT2D eigenvalue weighted by atomic mass is 32.1. The van der Waals surface area contributed by atoms with Gasteiger partial charge in [-0.15, -0.1) is 11.3 Å². The van der Waals surface area contributed by atoms with Gasteiger partial charge in [-0.3, -0.25) is 4.79 Å². The van der Waals surface area contributed by atoms with Gasteiger partial charge >= 0.3 is 0 Å². The number of nitriles is 1. The number of hydrogen-bond acceptors (Lipinski definition) is 4. The summed E-state index contributed by atoms with van der Waals surface area (Å²) in [6, 6.07) is 18.6. The monoisotopic (exact) mass is 466 g/mol. The lowest BCUT2D eigenvalue weighted by Gasteiger charge is -2.10. The van der Waals surface area contributed by atoms with Crippen molar-refractivity contribution in [3.63, 3.8) is 0 Å². The maximum atomic E-state index is 12.6. The minimum Gasteiger partial charge on any atom is -0.308 e. The second kappa shape index (κ2) is 9.28. The molecule has 1 aliphatic rings. The Hall–Kier alpha value is -3.69. The average Bonchev–Trinajstić information content (AvgIpc) is 3.34. The van der Waals surface area contributed by atoms with Crippen molar-refractivity contribution in [3.8, 4) is 11.1 Å². The van der Waals surface area contributed by atoms with Crippen LogP contribution in [0, 0.1) is 25.2 Å². The lowest BCUT2D eigenvalue weighted by Crippen LogP contribution is -2.19. The second-order valence-corrected chi connectivity index (χ2v) is 9.86. The third kappa shape index (κ3) is 4.04. The number of rotatable bonds is 5. The molecule has 0 aliphatic heterocycles. The molecular weight excluding hydrogens is 440 g/mol. The van der Waals surface area contributed by atoms with Crippen molar-refractivity contribution in [1.82, 2.24) is 9.99 Å². The number of thiophene rings is 1. The molecule has 0 fully saturated rings. The number of nitrogens with one attached hydrogen (secondary N) is 1. The lowest BCUT2D eigenvalue weighted by atomic mass is 9.96. The van der Waals surface area contributed by atoms with Crippen molar-refractivity contribution in [1.29, 1.82) is 5.26 Å². The van der Waals surface area contributed by atoms with E-state index in [-0.39, 0.29) is 12.3 Å². The zero-order valence-corrected chi connectivity index (χ0v) is 20.2. The number of hydrogen-bond donors (Lipinski definition) is 1. The van der Waals surface area contributed by atoms with E-state index >= 15 is 0 Å². The standard InChI is InChI=1S/C28H26N4OS/c1-18-14-22(19(2)32(18)28-25(16-29)24-12-5-6-13-26(24)34-28)17-30-31-27(33)15-21-10-7-9-20-8-3-4-11-23(20)21/h3-4,7-11,14,17H,5-6,12-13,15H2,1-2H3,(H,31,33)/b30-17+. The first kappa shape index (κ1) is 22.1. The molecule has 4 aromatic rings. The van der Waals surface area contributed by atoms with E-state index in [0.29, 0.717) is 0 Å². The van der Waals surface area contributed by atoms with Crippen LogP contribution in [0.25, 0.3) is 15.8 Å². The van der Waals surface area contributed by atoms with Crippen molar-refractivity contribution < 1.29 is 4.79 Å². The van der Waals surface area contributed by atoms with Crippen LogP contribution in [0.2, 0.25) is 0 Å². The molecule has 170 valence electrons. The zero-order chi connectivity index (χ0) is 23.7. The summed E-state index contributed by atoms with van der Waals surface area (Å²) < 4.78 is 2.15. The maximum absolute atomic E-state index is 12.6. The Morgan fingerprint density at radius 3 is 2.82 bits per heavy atom. The number of nitrogens with zero attached hydrogens (tertiary/aromatic N) is 3. The average molecular weight is 467 g/mol. The van der Waals surface area contributed by atoms with Gasteiger partial charge in [0, 0.05) is 21.8 Å². The summed E-state index contributed by atoms with van der Waals surface area (Å²) in [6.07, 6.45) is 6.36. The number of carbonyl (C=O) groups is 1. The highest BCUT2D eigenvalue weighted by molar-refractivity contribution is 7.15. The molecule has 5 rings (SSSR count). The van der Waals surface area contributed by atoms with Gasteiger partial charge in [-0.05, 0) is 67.5 Å². The molecule has 2 aromatic heterocycles. The van der Waals surface area contributed by atoms with Crippen LogP contribution in [0.3, 0.4) is 0 Å². The summed E-state index contributed by atoms with van der Waals surface area (Å²) in [5, 5.41) is 17.3. The van der Waals surface area contributed by atoms with Crippen LogP contribution in [0.4, 0.5) is 0 Å². The van der Waals surface area contributed by atoms with Crippen molar-refractivity contribution in [2.24, 2.45) is 5.10 Å². The van der Waals surface area contributed by atoms with E-state index in [0.717, 1.165) is 63.1 Å². The Bertz CT molecular complexity index is 1460. The summed E-state index contributed by atoms with van der Waals surface area (Å²) in [4.78, 5) is 13.9. The van der Waals surface area contributed by atoms with Gasteiger partial charge in [-0.2, -0.15) is 10.4 Å². The van der Waals surface area contributed by atoms with E-state index in [1.165, 1.54) is 16.9 Å². The molecule has 34 heavy (non-hydrogen) atoms. The number of carbonyl (C=O) groups excluding carboxylic acids is 1. The van der Waals surface area contributed by atoms with E-state index < -0.39 is 0 Å². The molecule has 0 radical (unpaired) electrons. The SMILES string of the molecule is Cc1cc(/C=N/NC(=O)Cc2cccc3ccccc23)c(C)n1-c1sc2c(c1C#N)CCCC2. The van der Waals surface area contributed by atoms with Gasteiger partial charge in [-0.1, -0.05) is 42.5 Å². The van der Waals surface area contributed by atoms with Gasteiger partial charge < -0.3 is 4.57 Å². The molecule has 5 nitrogen and oxygen atoms in total. The molecule has 2 aromatic carbocycles. The van der Waals surface area contributed by atoms with E-state index in [1.54, 1.807) is 17.6 Å². The molecule has 0 spiro atoms. The number of amides is 1. The van der Waals surface area contributed by atoms with Crippen LogP contribution in [0.1, 0.15) is 51.4 Å². The van der Waals surface area contributed by atoms with Gasteiger partial charge in [-0.25, -0.2) is 5.43 Å². The van der Waals surface area contributed by atoms with E-state index in [9.17, 15) is 10.1 Å².